The minimum atomic E-state index is -0.490. The summed E-state index contributed by atoms with van der Waals surface area (Å²) in [5.41, 5.74) is 0.413. The zero-order valence-corrected chi connectivity index (χ0v) is 9.79. The van der Waals surface area contributed by atoms with Gasteiger partial charge in [0.1, 0.15) is 11.6 Å². The number of ketones is 1. The molecule has 0 radical (unpaired) electrons. The molecule has 1 fully saturated rings. The summed E-state index contributed by atoms with van der Waals surface area (Å²) >= 11 is 0. The summed E-state index contributed by atoms with van der Waals surface area (Å²) in [5, 5.41) is 0. The van der Waals surface area contributed by atoms with E-state index in [9.17, 15) is 9.18 Å². The maximum Gasteiger partial charge on any atom is 0.143 e. The number of carbonyl (C=O) groups excluding carboxylic acids is 1. The summed E-state index contributed by atoms with van der Waals surface area (Å²) in [6, 6.07) is 6.25. The molecule has 0 atom stereocenters. The highest BCUT2D eigenvalue weighted by molar-refractivity contribution is 5.89. The fourth-order valence-corrected chi connectivity index (χ4v) is 1.87. The smallest absolute Gasteiger partial charge is 0.143 e. The van der Waals surface area contributed by atoms with E-state index in [0.717, 1.165) is 5.56 Å². The predicted molar refractivity (Wildman–Crippen MR) is 61.8 cm³/mol. The topological polar surface area (TPSA) is 17.1 Å². The summed E-state index contributed by atoms with van der Waals surface area (Å²) in [7, 11) is 0. The minimum absolute atomic E-state index is 0.255. The second-order valence-electron chi connectivity index (χ2n) is 5.20. The Balaban J connectivity index is 2.15. The Labute approximate surface area is 95.7 Å². The fraction of sp³-hybridized carbons (Fsp3) is 0.500. The van der Waals surface area contributed by atoms with Crippen molar-refractivity contribution in [3.63, 3.8) is 0 Å². The lowest BCUT2D eigenvalue weighted by Gasteiger charge is -2.23. The van der Waals surface area contributed by atoms with Crippen LogP contribution in [0, 0.1) is 11.7 Å². The molecule has 0 spiro atoms. The van der Waals surface area contributed by atoms with Crippen LogP contribution in [0.15, 0.2) is 24.3 Å². The largest absolute Gasteiger partial charge is 0.299 e. The van der Waals surface area contributed by atoms with E-state index >= 15 is 0 Å². The van der Waals surface area contributed by atoms with E-state index in [-0.39, 0.29) is 11.6 Å². The number of hydrogen-bond acceptors (Lipinski definition) is 1. The number of rotatable bonds is 4. The van der Waals surface area contributed by atoms with E-state index in [4.69, 9.17) is 0 Å². The van der Waals surface area contributed by atoms with Crippen LogP contribution in [-0.2, 0) is 10.2 Å². The summed E-state index contributed by atoms with van der Waals surface area (Å²) in [4.78, 5) is 12.1. The third kappa shape index (κ3) is 2.31. The van der Waals surface area contributed by atoms with Gasteiger partial charge >= 0.3 is 0 Å². The lowest BCUT2D eigenvalue weighted by molar-refractivity contribution is -0.123. The average molecular weight is 220 g/mol. The van der Waals surface area contributed by atoms with E-state index in [2.05, 4.69) is 0 Å². The van der Waals surface area contributed by atoms with Crippen LogP contribution in [0.5, 0.6) is 0 Å². The van der Waals surface area contributed by atoms with Gasteiger partial charge in [-0.25, -0.2) is 4.39 Å². The second-order valence-corrected chi connectivity index (χ2v) is 5.20. The molecule has 1 saturated carbocycles. The Kier molecular flexibility index (Phi) is 2.83. The molecule has 0 unspecified atom stereocenters. The molecule has 1 aliphatic rings. The van der Waals surface area contributed by atoms with Crippen LogP contribution in [0.1, 0.15) is 38.7 Å². The number of carbonyl (C=O) groups is 1. The molecular weight excluding hydrogens is 203 g/mol. The normalized spacial score (nSPS) is 16.2. The van der Waals surface area contributed by atoms with Crippen LogP contribution in [0.3, 0.4) is 0 Å². The molecule has 1 nitrogen and oxygen atoms in total. The maximum absolute atomic E-state index is 12.8. The Bertz CT molecular complexity index is 388. The molecule has 0 aliphatic heterocycles. The molecule has 0 saturated heterocycles. The molecule has 1 aromatic carbocycles. The molecule has 0 aromatic heterocycles. The van der Waals surface area contributed by atoms with Crippen LogP contribution >= 0.6 is 0 Å². The summed E-state index contributed by atoms with van der Waals surface area (Å²) in [6.45, 7) is 3.84. The second kappa shape index (κ2) is 4.00. The van der Waals surface area contributed by atoms with Gasteiger partial charge in [-0.1, -0.05) is 12.1 Å². The van der Waals surface area contributed by atoms with Crippen molar-refractivity contribution in [1.82, 2.24) is 0 Å². The SMILES string of the molecule is CC(C)(C(=O)CC1CC1)c1ccc(F)cc1. The number of benzene rings is 1. The van der Waals surface area contributed by atoms with Crippen molar-refractivity contribution >= 4 is 5.78 Å². The van der Waals surface area contributed by atoms with Crippen molar-refractivity contribution in [3.8, 4) is 0 Å². The molecule has 1 aromatic rings. The van der Waals surface area contributed by atoms with Gasteiger partial charge in [0.2, 0.25) is 0 Å². The van der Waals surface area contributed by atoms with Crippen molar-refractivity contribution in [2.75, 3.05) is 0 Å². The van der Waals surface area contributed by atoms with Crippen LogP contribution in [0.2, 0.25) is 0 Å². The summed E-state index contributed by atoms with van der Waals surface area (Å²) < 4.78 is 12.8. The van der Waals surface area contributed by atoms with Gasteiger partial charge in [0.25, 0.3) is 0 Å². The summed E-state index contributed by atoms with van der Waals surface area (Å²) in [5.74, 6) is 0.614. The highest BCUT2D eigenvalue weighted by Crippen LogP contribution is 2.36. The molecular formula is C14H17FO. The number of halogens is 1. The summed E-state index contributed by atoms with van der Waals surface area (Å²) in [6.07, 6.45) is 3.04. The highest BCUT2D eigenvalue weighted by Gasteiger charge is 2.34. The van der Waals surface area contributed by atoms with Crippen molar-refractivity contribution in [3.05, 3.63) is 35.6 Å². The van der Waals surface area contributed by atoms with Crippen LogP contribution in [0.25, 0.3) is 0 Å². The maximum atomic E-state index is 12.8. The molecule has 2 heteroatoms. The van der Waals surface area contributed by atoms with E-state index in [1.807, 2.05) is 13.8 Å². The molecule has 86 valence electrons. The first-order chi connectivity index (χ1) is 7.50. The zero-order valence-electron chi connectivity index (χ0n) is 9.79. The quantitative estimate of drug-likeness (QED) is 0.759. The molecule has 2 rings (SSSR count). The van der Waals surface area contributed by atoms with Gasteiger partial charge in [-0.15, -0.1) is 0 Å². The van der Waals surface area contributed by atoms with Crippen LogP contribution in [0.4, 0.5) is 4.39 Å². The van der Waals surface area contributed by atoms with Crippen molar-refractivity contribution in [2.45, 2.75) is 38.5 Å². The van der Waals surface area contributed by atoms with Crippen LogP contribution < -0.4 is 0 Å². The first-order valence-corrected chi connectivity index (χ1v) is 5.79. The van der Waals surface area contributed by atoms with E-state index in [1.54, 1.807) is 12.1 Å². The standard InChI is InChI=1S/C14H17FO/c1-14(2,13(16)9-10-3-4-10)11-5-7-12(15)8-6-11/h5-8,10H,3-4,9H2,1-2H3. The average Bonchev–Trinajstić information content (AvgIpc) is 3.02. The van der Waals surface area contributed by atoms with Gasteiger partial charge in [-0.05, 0) is 50.3 Å². The molecule has 0 N–H and O–H groups in total. The first kappa shape index (κ1) is 11.3. The Morgan fingerprint density at radius 1 is 1.31 bits per heavy atom. The van der Waals surface area contributed by atoms with Gasteiger partial charge in [-0.2, -0.15) is 0 Å². The zero-order chi connectivity index (χ0) is 11.8. The number of hydrogen-bond donors (Lipinski definition) is 0. The fourth-order valence-electron chi connectivity index (χ4n) is 1.87. The third-order valence-corrected chi connectivity index (χ3v) is 3.43. The lowest BCUT2D eigenvalue weighted by Crippen LogP contribution is -2.29. The van der Waals surface area contributed by atoms with Gasteiger partial charge in [0.05, 0.1) is 0 Å². The third-order valence-electron chi connectivity index (χ3n) is 3.43. The van der Waals surface area contributed by atoms with Gasteiger partial charge in [0, 0.05) is 11.8 Å². The monoisotopic (exact) mass is 220 g/mol. The van der Waals surface area contributed by atoms with Crippen molar-refractivity contribution in [1.29, 1.82) is 0 Å². The molecule has 1 aliphatic carbocycles. The van der Waals surface area contributed by atoms with Gasteiger partial charge in [-0.3, -0.25) is 4.79 Å². The molecule has 0 amide bonds. The minimum Gasteiger partial charge on any atom is -0.299 e. The van der Waals surface area contributed by atoms with E-state index in [0.29, 0.717) is 12.3 Å². The predicted octanol–water partition coefficient (Wildman–Crippen LogP) is 3.47. The molecule has 0 bridgehead atoms. The lowest BCUT2D eigenvalue weighted by atomic mass is 9.79. The Morgan fingerprint density at radius 2 is 1.88 bits per heavy atom. The highest BCUT2D eigenvalue weighted by atomic mass is 19.1. The van der Waals surface area contributed by atoms with Gasteiger partial charge < -0.3 is 0 Å². The number of Topliss-reactive ketones (excluding diaryl/α,β-unsaturated/α-hetero) is 1. The van der Waals surface area contributed by atoms with Crippen molar-refractivity contribution in [2.24, 2.45) is 5.92 Å². The van der Waals surface area contributed by atoms with Gasteiger partial charge in [0.15, 0.2) is 0 Å². The van der Waals surface area contributed by atoms with E-state index in [1.165, 1.54) is 25.0 Å². The molecule has 0 heterocycles. The first-order valence-electron chi connectivity index (χ1n) is 5.79. The Hall–Kier alpha value is -1.18. The van der Waals surface area contributed by atoms with Crippen LogP contribution in [-0.4, -0.2) is 5.78 Å². The molecule has 16 heavy (non-hydrogen) atoms. The Morgan fingerprint density at radius 3 is 2.38 bits per heavy atom. The van der Waals surface area contributed by atoms with Crippen molar-refractivity contribution < 1.29 is 9.18 Å². The van der Waals surface area contributed by atoms with E-state index < -0.39 is 5.41 Å².